The number of nitrogens with zero attached hydrogens (tertiary/aromatic N) is 1. The Morgan fingerprint density at radius 1 is 0.931 bits per heavy atom. The average Bonchev–Trinajstić information content (AvgIpc) is 3.28. The van der Waals surface area contributed by atoms with Gasteiger partial charge >= 0.3 is 0 Å². The number of aryl methyl sites for hydroxylation is 1. The fraction of sp³-hybridized carbons (Fsp3) is 0.174. The minimum atomic E-state index is -0.371. The molecule has 0 aliphatic rings. The summed E-state index contributed by atoms with van der Waals surface area (Å²) in [4.78, 5) is 40.1. The Morgan fingerprint density at radius 3 is 2.31 bits per heavy atom. The summed E-state index contributed by atoms with van der Waals surface area (Å²) in [5.41, 5.74) is 2.40. The molecule has 0 unspecified atom stereocenters. The van der Waals surface area contributed by atoms with Crippen molar-refractivity contribution in [1.29, 1.82) is 0 Å². The second-order valence-corrected chi connectivity index (χ2v) is 7.52. The lowest BCUT2D eigenvalue weighted by Gasteiger charge is -2.19. The molecular formula is C23H22N2O3S. The zero-order valence-electron chi connectivity index (χ0n) is 16.3. The molecule has 148 valence electrons. The monoisotopic (exact) mass is 406 g/mol. The molecule has 2 amide bonds. The molecule has 0 aliphatic heterocycles. The molecule has 0 spiro atoms. The van der Waals surface area contributed by atoms with Gasteiger partial charge in [-0.3, -0.25) is 14.4 Å². The number of ketones is 1. The number of para-hydroxylation sites is 1. The molecule has 6 heteroatoms. The maximum atomic E-state index is 12.9. The topological polar surface area (TPSA) is 66.5 Å². The lowest BCUT2D eigenvalue weighted by Crippen LogP contribution is -2.35. The Labute approximate surface area is 174 Å². The molecule has 3 rings (SSSR count). The maximum Gasteiger partial charge on any atom is 0.254 e. The van der Waals surface area contributed by atoms with Gasteiger partial charge in [-0.15, -0.1) is 11.3 Å². The second-order valence-electron chi connectivity index (χ2n) is 6.57. The molecular weight excluding hydrogens is 384 g/mol. The number of hydrogen-bond donors (Lipinski definition) is 1. The molecule has 29 heavy (non-hydrogen) atoms. The van der Waals surface area contributed by atoms with Crippen LogP contribution in [0.2, 0.25) is 0 Å². The number of carbonyl (C=O) groups is 3. The third-order valence-corrected chi connectivity index (χ3v) is 5.42. The van der Waals surface area contributed by atoms with Crippen LogP contribution in [0.4, 0.5) is 5.69 Å². The van der Waals surface area contributed by atoms with Gasteiger partial charge in [-0.25, -0.2) is 0 Å². The van der Waals surface area contributed by atoms with Crippen LogP contribution in [0.1, 0.15) is 38.1 Å². The van der Waals surface area contributed by atoms with Gasteiger partial charge in [0.1, 0.15) is 0 Å². The van der Waals surface area contributed by atoms with E-state index in [2.05, 4.69) is 5.32 Å². The Bertz CT molecular complexity index is 1030. The van der Waals surface area contributed by atoms with Crippen molar-refractivity contribution in [2.45, 2.75) is 13.3 Å². The van der Waals surface area contributed by atoms with Crippen molar-refractivity contribution in [3.63, 3.8) is 0 Å². The van der Waals surface area contributed by atoms with Gasteiger partial charge in [0.25, 0.3) is 5.91 Å². The summed E-state index contributed by atoms with van der Waals surface area (Å²) < 4.78 is 0. The quantitative estimate of drug-likeness (QED) is 0.597. The Kier molecular flexibility index (Phi) is 6.57. The Hall–Kier alpha value is -3.25. The highest BCUT2D eigenvalue weighted by molar-refractivity contribution is 7.12. The smallest absolute Gasteiger partial charge is 0.254 e. The van der Waals surface area contributed by atoms with Gasteiger partial charge in [0.2, 0.25) is 11.7 Å². The SMILES string of the molecule is CCc1ccccc1NC(=O)CN(C)C(=O)c1ccccc1C(=O)c1cccs1. The number of likely N-dealkylation sites (N-methyl/N-ethyl adjacent to an activating group) is 1. The first-order chi connectivity index (χ1) is 14.0. The Balaban J connectivity index is 1.74. The van der Waals surface area contributed by atoms with Crippen LogP contribution in [-0.4, -0.2) is 36.1 Å². The first-order valence-electron chi connectivity index (χ1n) is 9.31. The van der Waals surface area contributed by atoms with Crippen molar-refractivity contribution in [3.05, 3.63) is 87.6 Å². The minimum Gasteiger partial charge on any atom is -0.332 e. The van der Waals surface area contributed by atoms with E-state index in [0.29, 0.717) is 10.4 Å². The summed E-state index contributed by atoms with van der Waals surface area (Å²) in [6, 6.07) is 17.8. The van der Waals surface area contributed by atoms with Gasteiger partial charge in [0.05, 0.1) is 17.0 Å². The molecule has 0 aliphatic carbocycles. The molecule has 2 aromatic carbocycles. The first-order valence-corrected chi connectivity index (χ1v) is 10.2. The van der Waals surface area contributed by atoms with Crippen LogP contribution >= 0.6 is 11.3 Å². The second kappa shape index (κ2) is 9.30. The van der Waals surface area contributed by atoms with Crippen molar-refractivity contribution in [3.8, 4) is 0 Å². The summed E-state index contributed by atoms with van der Waals surface area (Å²) >= 11 is 1.33. The van der Waals surface area contributed by atoms with Crippen molar-refractivity contribution >= 4 is 34.6 Å². The number of hydrogen-bond acceptors (Lipinski definition) is 4. The molecule has 0 atom stereocenters. The highest BCUT2D eigenvalue weighted by Crippen LogP contribution is 2.20. The number of amides is 2. The third-order valence-electron chi connectivity index (χ3n) is 4.55. The standard InChI is InChI=1S/C23H22N2O3S/c1-3-16-9-4-7-12-19(16)24-21(26)15-25(2)23(28)18-11-6-5-10-17(18)22(27)20-13-8-14-29-20/h4-14H,3,15H2,1-2H3,(H,24,26). The van der Waals surface area contributed by atoms with Gasteiger partial charge in [-0.1, -0.05) is 49.4 Å². The van der Waals surface area contributed by atoms with E-state index < -0.39 is 0 Å². The summed E-state index contributed by atoms with van der Waals surface area (Å²) in [7, 11) is 1.56. The van der Waals surface area contributed by atoms with E-state index >= 15 is 0 Å². The third kappa shape index (κ3) is 4.78. The first kappa shape index (κ1) is 20.5. The van der Waals surface area contributed by atoms with Crippen LogP contribution < -0.4 is 5.32 Å². The summed E-state index contributed by atoms with van der Waals surface area (Å²) in [5, 5.41) is 4.68. The van der Waals surface area contributed by atoms with Crippen molar-refractivity contribution in [1.82, 2.24) is 4.90 Å². The van der Waals surface area contributed by atoms with Gasteiger partial charge in [-0.2, -0.15) is 0 Å². The van der Waals surface area contributed by atoms with Crippen molar-refractivity contribution < 1.29 is 14.4 Å². The molecule has 1 N–H and O–H groups in total. The maximum absolute atomic E-state index is 12.9. The molecule has 5 nitrogen and oxygen atoms in total. The van der Waals surface area contributed by atoms with E-state index in [1.807, 2.05) is 36.6 Å². The van der Waals surface area contributed by atoms with Crippen molar-refractivity contribution in [2.24, 2.45) is 0 Å². The normalized spacial score (nSPS) is 10.4. The molecule has 0 saturated heterocycles. The zero-order chi connectivity index (χ0) is 20.8. The largest absolute Gasteiger partial charge is 0.332 e. The van der Waals surface area contributed by atoms with Crippen LogP contribution in [0.15, 0.2) is 66.0 Å². The van der Waals surface area contributed by atoms with Crippen LogP contribution in [0.3, 0.4) is 0 Å². The molecule has 3 aromatic rings. The van der Waals surface area contributed by atoms with E-state index in [-0.39, 0.29) is 29.7 Å². The highest BCUT2D eigenvalue weighted by atomic mass is 32.1. The fourth-order valence-electron chi connectivity index (χ4n) is 3.04. The summed E-state index contributed by atoms with van der Waals surface area (Å²) in [6.45, 7) is 1.90. The molecule has 0 radical (unpaired) electrons. The zero-order valence-corrected chi connectivity index (χ0v) is 17.2. The average molecular weight is 407 g/mol. The lowest BCUT2D eigenvalue weighted by molar-refractivity contribution is -0.116. The minimum absolute atomic E-state index is 0.113. The predicted molar refractivity (Wildman–Crippen MR) is 116 cm³/mol. The highest BCUT2D eigenvalue weighted by Gasteiger charge is 2.22. The van der Waals surface area contributed by atoms with Crippen LogP contribution in [-0.2, 0) is 11.2 Å². The molecule has 1 heterocycles. The number of rotatable bonds is 7. The van der Waals surface area contributed by atoms with E-state index in [4.69, 9.17) is 0 Å². The van der Waals surface area contributed by atoms with Gasteiger partial charge in [0, 0.05) is 18.3 Å². The summed E-state index contributed by atoms with van der Waals surface area (Å²) in [5.74, 6) is -0.855. The van der Waals surface area contributed by atoms with Crippen molar-refractivity contribution in [2.75, 3.05) is 18.9 Å². The van der Waals surface area contributed by atoms with E-state index in [1.54, 1.807) is 43.4 Å². The number of thiophene rings is 1. The van der Waals surface area contributed by atoms with Crippen LogP contribution in [0, 0.1) is 0 Å². The molecule has 0 fully saturated rings. The molecule has 0 bridgehead atoms. The summed E-state index contributed by atoms with van der Waals surface area (Å²) in [6.07, 6.45) is 0.795. The number of carbonyl (C=O) groups excluding carboxylic acids is 3. The fourth-order valence-corrected chi connectivity index (χ4v) is 3.72. The van der Waals surface area contributed by atoms with E-state index in [9.17, 15) is 14.4 Å². The predicted octanol–water partition coefficient (Wildman–Crippen LogP) is 4.25. The van der Waals surface area contributed by atoms with Crippen LogP contribution in [0.25, 0.3) is 0 Å². The molecule has 0 saturated carbocycles. The lowest BCUT2D eigenvalue weighted by atomic mass is 10.0. The number of benzene rings is 2. The van der Waals surface area contributed by atoms with Gasteiger partial charge < -0.3 is 10.2 Å². The number of nitrogens with one attached hydrogen (secondary N) is 1. The number of anilines is 1. The molecule has 1 aromatic heterocycles. The van der Waals surface area contributed by atoms with E-state index in [0.717, 1.165) is 17.7 Å². The van der Waals surface area contributed by atoms with E-state index in [1.165, 1.54) is 16.2 Å². The van der Waals surface area contributed by atoms with Gasteiger partial charge in [0.15, 0.2) is 0 Å². The Morgan fingerprint density at radius 2 is 1.62 bits per heavy atom. The van der Waals surface area contributed by atoms with Gasteiger partial charge in [-0.05, 0) is 35.6 Å². The van der Waals surface area contributed by atoms with Crippen LogP contribution in [0.5, 0.6) is 0 Å².